The van der Waals surface area contributed by atoms with E-state index in [9.17, 15) is 18.0 Å². The minimum atomic E-state index is -4.07. The second-order valence-corrected chi connectivity index (χ2v) is 14.6. The SMILES string of the molecule is C=CCCNC(=O)C1(C)Cn2c(c(C3CCCCC3)c3ccc(C(=O)NS(=O)(=O)N(C)CC=C)cc32)-c2ccc(OC)cc2C1C. The second-order valence-electron chi connectivity index (χ2n) is 12.8. The normalized spacial score (nSPS) is 20.0. The molecule has 10 heteroatoms. The van der Waals surface area contributed by atoms with E-state index >= 15 is 0 Å². The van der Waals surface area contributed by atoms with E-state index in [1.807, 2.05) is 19.1 Å². The van der Waals surface area contributed by atoms with Crippen molar-refractivity contribution in [2.75, 3.05) is 27.2 Å². The van der Waals surface area contributed by atoms with Crippen LogP contribution in [0.3, 0.4) is 0 Å². The quantitative estimate of drug-likeness (QED) is 0.189. The highest BCUT2D eigenvalue weighted by Crippen LogP contribution is 2.52. The van der Waals surface area contributed by atoms with Crippen LogP contribution in [0.1, 0.15) is 85.7 Å². The van der Waals surface area contributed by atoms with Gasteiger partial charge in [0.15, 0.2) is 0 Å². The van der Waals surface area contributed by atoms with Crippen LogP contribution in [0.4, 0.5) is 0 Å². The summed E-state index contributed by atoms with van der Waals surface area (Å²) < 4.78 is 36.8. The van der Waals surface area contributed by atoms with Crippen molar-refractivity contribution in [3.63, 3.8) is 0 Å². The lowest BCUT2D eigenvalue weighted by molar-refractivity contribution is -0.132. The number of hydrogen-bond acceptors (Lipinski definition) is 5. The minimum absolute atomic E-state index is 0.0604. The Morgan fingerprint density at radius 2 is 1.85 bits per heavy atom. The summed E-state index contributed by atoms with van der Waals surface area (Å²) in [6, 6.07) is 11.5. The zero-order chi connectivity index (χ0) is 33.2. The fourth-order valence-electron chi connectivity index (χ4n) is 7.12. The lowest BCUT2D eigenvalue weighted by atomic mass is 9.72. The van der Waals surface area contributed by atoms with Gasteiger partial charge in [-0.2, -0.15) is 12.7 Å². The van der Waals surface area contributed by atoms with Gasteiger partial charge in [0.1, 0.15) is 5.75 Å². The van der Waals surface area contributed by atoms with Crippen molar-refractivity contribution >= 4 is 32.9 Å². The summed E-state index contributed by atoms with van der Waals surface area (Å²) in [5.74, 6) is 0.0912. The number of hydrogen-bond donors (Lipinski definition) is 2. The number of rotatable bonds is 11. The maximum absolute atomic E-state index is 14.1. The molecular weight excluding hydrogens is 600 g/mol. The molecule has 0 saturated heterocycles. The summed E-state index contributed by atoms with van der Waals surface area (Å²) >= 11 is 0. The van der Waals surface area contributed by atoms with Crippen LogP contribution < -0.4 is 14.8 Å². The number of aromatic nitrogens is 1. The van der Waals surface area contributed by atoms with Gasteiger partial charge in [-0.25, -0.2) is 4.72 Å². The number of fused-ring (bicyclic) bond motifs is 5. The van der Waals surface area contributed by atoms with Crippen LogP contribution >= 0.6 is 0 Å². The Bertz CT molecular complexity index is 1770. The number of carbonyl (C=O) groups excluding carboxylic acids is 2. The van der Waals surface area contributed by atoms with Gasteiger partial charge < -0.3 is 14.6 Å². The zero-order valence-corrected chi connectivity index (χ0v) is 28.2. The molecule has 3 aromatic rings. The van der Waals surface area contributed by atoms with E-state index in [1.54, 1.807) is 25.3 Å². The Balaban J connectivity index is 1.75. The summed E-state index contributed by atoms with van der Waals surface area (Å²) in [7, 11) is -1.03. The van der Waals surface area contributed by atoms with Crippen LogP contribution in [0.5, 0.6) is 5.75 Å². The van der Waals surface area contributed by atoms with Gasteiger partial charge in [-0.3, -0.25) is 9.59 Å². The van der Waals surface area contributed by atoms with E-state index in [-0.39, 0.29) is 23.9 Å². The molecule has 0 radical (unpaired) electrons. The molecule has 246 valence electrons. The van der Waals surface area contributed by atoms with Gasteiger partial charge in [0.25, 0.3) is 5.91 Å². The van der Waals surface area contributed by atoms with Gasteiger partial charge in [-0.1, -0.05) is 44.4 Å². The number of nitrogens with zero attached hydrogens (tertiary/aromatic N) is 2. The molecule has 1 aromatic heterocycles. The summed E-state index contributed by atoms with van der Waals surface area (Å²) in [6.45, 7) is 12.4. The predicted molar refractivity (Wildman–Crippen MR) is 183 cm³/mol. The van der Waals surface area contributed by atoms with Gasteiger partial charge in [0.05, 0.1) is 18.2 Å². The van der Waals surface area contributed by atoms with Crippen molar-refractivity contribution in [1.29, 1.82) is 0 Å². The van der Waals surface area contributed by atoms with Crippen LogP contribution in [0, 0.1) is 5.41 Å². The standard InChI is InChI=1S/C36H46N4O5S/c1-7-9-19-37-35(42)36(4)23-40-31-21-26(34(41)38-46(43,44)39(5)20-8-2)15-17-29(31)32(25-13-11-10-12-14-25)33(40)28-18-16-27(45-6)22-30(28)24(36)3/h7-8,15-18,21-22,24-25H,1-2,9-14,19-20,23H2,3-6H3,(H,37,42)(H,38,41). The number of nitrogens with one attached hydrogen (secondary N) is 2. The Morgan fingerprint density at radius 3 is 2.52 bits per heavy atom. The molecule has 5 rings (SSSR count). The van der Waals surface area contributed by atoms with Gasteiger partial charge in [-0.05, 0) is 79.5 Å². The molecule has 1 saturated carbocycles. The number of ether oxygens (including phenoxy) is 1. The smallest absolute Gasteiger partial charge is 0.304 e. The number of benzene rings is 2. The molecule has 2 heterocycles. The molecule has 2 N–H and O–H groups in total. The molecule has 2 unspecified atom stereocenters. The molecule has 1 aliphatic heterocycles. The first-order valence-electron chi connectivity index (χ1n) is 16.1. The Kier molecular flexibility index (Phi) is 9.79. The average molecular weight is 647 g/mol. The van der Waals surface area contributed by atoms with Crippen LogP contribution in [0.25, 0.3) is 22.2 Å². The van der Waals surface area contributed by atoms with Crippen molar-refractivity contribution in [3.05, 3.63) is 78.4 Å². The molecule has 46 heavy (non-hydrogen) atoms. The first kappa shape index (κ1) is 33.5. The topological polar surface area (TPSA) is 110 Å². The van der Waals surface area contributed by atoms with E-state index in [0.717, 1.165) is 63.5 Å². The molecular formula is C36H46N4O5S. The predicted octanol–water partition coefficient (Wildman–Crippen LogP) is 6.27. The molecule has 2 amide bonds. The van der Waals surface area contributed by atoms with Gasteiger partial charge in [0, 0.05) is 48.7 Å². The summed E-state index contributed by atoms with van der Waals surface area (Å²) in [4.78, 5) is 27.5. The van der Waals surface area contributed by atoms with Gasteiger partial charge >= 0.3 is 10.2 Å². The highest BCUT2D eigenvalue weighted by molar-refractivity contribution is 7.87. The molecule has 9 nitrogen and oxygen atoms in total. The van der Waals surface area contributed by atoms with E-state index in [2.05, 4.69) is 46.8 Å². The number of methoxy groups -OCH3 is 1. The van der Waals surface area contributed by atoms with E-state index in [1.165, 1.54) is 25.1 Å². The minimum Gasteiger partial charge on any atom is -0.497 e. The lowest BCUT2D eigenvalue weighted by Crippen LogP contribution is -2.44. The fraction of sp³-hybridized carbons (Fsp3) is 0.444. The third-order valence-electron chi connectivity index (χ3n) is 9.97. The maximum Gasteiger partial charge on any atom is 0.304 e. The Hall–Kier alpha value is -3.89. The van der Waals surface area contributed by atoms with E-state index < -0.39 is 21.5 Å². The number of amides is 2. The highest BCUT2D eigenvalue weighted by atomic mass is 32.2. The third kappa shape index (κ3) is 6.12. The van der Waals surface area contributed by atoms with Crippen LogP contribution in [0.15, 0.2) is 61.7 Å². The second kappa shape index (κ2) is 13.5. The van der Waals surface area contributed by atoms with Gasteiger partial charge in [0.2, 0.25) is 5.91 Å². The summed E-state index contributed by atoms with van der Waals surface area (Å²) in [5, 5.41) is 4.16. The molecule has 0 spiro atoms. The van der Waals surface area contributed by atoms with Crippen LogP contribution in [-0.4, -0.2) is 56.4 Å². The first-order valence-corrected chi connectivity index (χ1v) is 17.5. The summed E-state index contributed by atoms with van der Waals surface area (Å²) in [6.07, 6.45) is 9.51. The lowest BCUT2D eigenvalue weighted by Gasteiger charge is -2.34. The van der Waals surface area contributed by atoms with Gasteiger partial charge in [-0.15, -0.1) is 13.2 Å². The van der Waals surface area contributed by atoms with Crippen molar-refractivity contribution < 1.29 is 22.7 Å². The Morgan fingerprint density at radius 1 is 1.11 bits per heavy atom. The fourth-order valence-corrected chi connectivity index (χ4v) is 7.93. The monoisotopic (exact) mass is 646 g/mol. The number of carbonyl (C=O) groups is 2. The first-order chi connectivity index (χ1) is 22.0. The molecule has 0 bridgehead atoms. The van der Waals surface area contributed by atoms with Crippen molar-refractivity contribution in [2.45, 2.75) is 70.8 Å². The molecule has 2 aliphatic rings. The zero-order valence-electron chi connectivity index (χ0n) is 27.4. The highest BCUT2D eigenvalue weighted by Gasteiger charge is 2.45. The average Bonchev–Trinajstić information content (AvgIpc) is 3.32. The summed E-state index contributed by atoms with van der Waals surface area (Å²) in [5.41, 5.74) is 4.54. The molecule has 1 aliphatic carbocycles. The Labute approximate surface area is 272 Å². The van der Waals surface area contributed by atoms with Crippen molar-refractivity contribution in [1.82, 2.24) is 18.9 Å². The van der Waals surface area contributed by atoms with Crippen molar-refractivity contribution in [3.8, 4) is 17.0 Å². The number of likely N-dealkylation sites (N-methyl/N-ethyl adjacent to an activating group) is 1. The van der Waals surface area contributed by atoms with Crippen molar-refractivity contribution in [2.24, 2.45) is 5.41 Å². The molecule has 1 fully saturated rings. The van der Waals surface area contributed by atoms with Crippen LogP contribution in [0.2, 0.25) is 0 Å². The maximum atomic E-state index is 14.1. The molecule has 2 aromatic carbocycles. The van der Waals surface area contributed by atoms with E-state index in [4.69, 9.17) is 4.74 Å². The largest absolute Gasteiger partial charge is 0.497 e. The van der Waals surface area contributed by atoms with Crippen LogP contribution in [-0.2, 0) is 21.5 Å². The third-order valence-corrected chi connectivity index (χ3v) is 11.4. The molecule has 2 atom stereocenters. The van der Waals surface area contributed by atoms with E-state index in [0.29, 0.717) is 25.4 Å².